The van der Waals surface area contributed by atoms with Gasteiger partial charge in [0.1, 0.15) is 0 Å². The van der Waals surface area contributed by atoms with Gasteiger partial charge in [-0.15, -0.1) is 0 Å². The normalized spacial score (nSPS) is 22.2. The van der Waals surface area contributed by atoms with Gasteiger partial charge in [0.05, 0.1) is 12.7 Å². The van der Waals surface area contributed by atoms with E-state index in [9.17, 15) is 0 Å². The quantitative estimate of drug-likeness (QED) is 0.790. The molecule has 1 atom stereocenters. The standard InChI is InChI=1S/C13H20N2O/c1-2-13-10-15(6-7-16-13)9-11-4-3-5-12(14)8-11/h3-5,8,13H,2,6-7,9-10,14H2,1H3. The topological polar surface area (TPSA) is 38.5 Å². The lowest BCUT2D eigenvalue weighted by Crippen LogP contribution is -2.41. The average molecular weight is 220 g/mol. The van der Waals surface area contributed by atoms with E-state index in [0.717, 1.165) is 38.3 Å². The van der Waals surface area contributed by atoms with E-state index in [1.54, 1.807) is 0 Å². The fourth-order valence-corrected chi connectivity index (χ4v) is 2.12. The van der Waals surface area contributed by atoms with Gasteiger partial charge in [0.25, 0.3) is 0 Å². The number of benzene rings is 1. The van der Waals surface area contributed by atoms with E-state index in [1.807, 2.05) is 12.1 Å². The molecule has 0 radical (unpaired) electrons. The van der Waals surface area contributed by atoms with Crippen molar-refractivity contribution in [2.24, 2.45) is 0 Å². The van der Waals surface area contributed by atoms with Gasteiger partial charge in [0, 0.05) is 25.3 Å². The highest BCUT2D eigenvalue weighted by molar-refractivity contribution is 5.40. The predicted molar refractivity (Wildman–Crippen MR) is 66.2 cm³/mol. The van der Waals surface area contributed by atoms with E-state index >= 15 is 0 Å². The van der Waals surface area contributed by atoms with Crippen molar-refractivity contribution in [3.8, 4) is 0 Å². The van der Waals surface area contributed by atoms with Crippen LogP contribution in [0.3, 0.4) is 0 Å². The zero-order valence-corrected chi connectivity index (χ0v) is 9.86. The van der Waals surface area contributed by atoms with Crippen molar-refractivity contribution in [1.29, 1.82) is 0 Å². The van der Waals surface area contributed by atoms with Gasteiger partial charge in [-0.25, -0.2) is 0 Å². The molecule has 0 amide bonds. The third-order valence-electron chi connectivity index (χ3n) is 3.04. The van der Waals surface area contributed by atoms with Crippen molar-refractivity contribution >= 4 is 5.69 Å². The Morgan fingerprint density at radius 2 is 2.38 bits per heavy atom. The molecular formula is C13H20N2O. The first-order valence-electron chi connectivity index (χ1n) is 5.96. The third-order valence-corrected chi connectivity index (χ3v) is 3.04. The molecule has 0 aromatic heterocycles. The number of rotatable bonds is 3. The Kier molecular flexibility index (Phi) is 3.80. The highest BCUT2D eigenvalue weighted by Crippen LogP contribution is 2.13. The largest absolute Gasteiger partial charge is 0.399 e. The molecule has 0 spiro atoms. The molecule has 3 nitrogen and oxygen atoms in total. The zero-order chi connectivity index (χ0) is 11.4. The smallest absolute Gasteiger partial charge is 0.0700 e. The summed E-state index contributed by atoms with van der Waals surface area (Å²) in [6.07, 6.45) is 1.49. The lowest BCUT2D eigenvalue weighted by atomic mass is 10.1. The number of hydrogen-bond acceptors (Lipinski definition) is 3. The summed E-state index contributed by atoms with van der Waals surface area (Å²) in [5.41, 5.74) is 7.91. The second kappa shape index (κ2) is 5.32. The first kappa shape index (κ1) is 11.4. The summed E-state index contributed by atoms with van der Waals surface area (Å²) in [6.45, 7) is 6.05. The Morgan fingerprint density at radius 3 is 3.12 bits per heavy atom. The van der Waals surface area contributed by atoms with Crippen LogP contribution in [0.15, 0.2) is 24.3 Å². The Hall–Kier alpha value is -1.06. The van der Waals surface area contributed by atoms with E-state index in [1.165, 1.54) is 5.56 Å². The van der Waals surface area contributed by atoms with Crippen LogP contribution in [0.2, 0.25) is 0 Å². The molecule has 1 unspecified atom stereocenters. The minimum Gasteiger partial charge on any atom is -0.399 e. The Morgan fingerprint density at radius 1 is 1.50 bits per heavy atom. The molecule has 1 aromatic rings. The van der Waals surface area contributed by atoms with E-state index in [4.69, 9.17) is 10.5 Å². The molecule has 1 heterocycles. The second-order valence-corrected chi connectivity index (χ2v) is 4.38. The summed E-state index contributed by atoms with van der Waals surface area (Å²) in [6, 6.07) is 8.13. The molecule has 0 bridgehead atoms. The minimum absolute atomic E-state index is 0.398. The fraction of sp³-hybridized carbons (Fsp3) is 0.538. The maximum Gasteiger partial charge on any atom is 0.0700 e. The predicted octanol–water partition coefficient (Wildman–Crippen LogP) is 1.88. The SMILES string of the molecule is CCC1CN(Cc2cccc(N)c2)CCO1. The van der Waals surface area contributed by atoms with Gasteiger partial charge in [-0.1, -0.05) is 19.1 Å². The van der Waals surface area contributed by atoms with E-state index < -0.39 is 0 Å². The van der Waals surface area contributed by atoms with Crippen molar-refractivity contribution in [2.75, 3.05) is 25.4 Å². The first-order chi connectivity index (χ1) is 7.78. The van der Waals surface area contributed by atoms with Crippen LogP contribution in [0.1, 0.15) is 18.9 Å². The summed E-state index contributed by atoms with van der Waals surface area (Å²) in [7, 11) is 0. The molecular weight excluding hydrogens is 200 g/mol. The molecule has 0 saturated carbocycles. The van der Waals surface area contributed by atoms with Gasteiger partial charge in [0.15, 0.2) is 0 Å². The minimum atomic E-state index is 0.398. The highest BCUT2D eigenvalue weighted by atomic mass is 16.5. The lowest BCUT2D eigenvalue weighted by Gasteiger charge is -2.32. The number of nitrogen functional groups attached to an aromatic ring is 1. The Bertz CT molecular complexity index is 340. The number of nitrogens with zero attached hydrogens (tertiary/aromatic N) is 1. The maximum atomic E-state index is 5.77. The van der Waals surface area contributed by atoms with Crippen molar-refractivity contribution in [1.82, 2.24) is 4.90 Å². The van der Waals surface area contributed by atoms with Crippen LogP contribution < -0.4 is 5.73 Å². The van der Waals surface area contributed by atoms with Crippen LogP contribution in [0.4, 0.5) is 5.69 Å². The molecule has 16 heavy (non-hydrogen) atoms. The molecule has 0 aliphatic carbocycles. The van der Waals surface area contributed by atoms with Crippen molar-refractivity contribution in [3.05, 3.63) is 29.8 Å². The second-order valence-electron chi connectivity index (χ2n) is 4.38. The zero-order valence-electron chi connectivity index (χ0n) is 9.86. The van der Waals surface area contributed by atoms with Gasteiger partial charge >= 0.3 is 0 Å². The average Bonchev–Trinajstić information content (AvgIpc) is 2.29. The van der Waals surface area contributed by atoms with E-state index in [2.05, 4.69) is 24.0 Å². The molecule has 1 fully saturated rings. The Balaban J connectivity index is 1.94. The molecule has 1 saturated heterocycles. The molecule has 2 N–H and O–H groups in total. The summed E-state index contributed by atoms with van der Waals surface area (Å²) >= 11 is 0. The third kappa shape index (κ3) is 2.97. The molecule has 1 aliphatic rings. The van der Waals surface area contributed by atoms with Crippen LogP contribution in [-0.4, -0.2) is 30.7 Å². The van der Waals surface area contributed by atoms with E-state index in [-0.39, 0.29) is 0 Å². The van der Waals surface area contributed by atoms with Gasteiger partial charge in [0.2, 0.25) is 0 Å². The van der Waals surface area contributed by atoms with Crippen molar-refractivity contribution in [3.63, 3.8) is 0 Å². The number of nitrogens with two attached hydrogens (primary N) is 1. The fourth-order valence-electron chi connectivity index (χ4n) is 2.12. The van der Waals surface area contributed by atoms with Crippen LogP contribution in [0.5, 0.6) is 0 Å². The summed E-state index contributed by atoms with van der Waals surface area (Å²) in [5, 5.41) is 0. The van der Waals surface area contributed by atoms with E-state index in [0.29, 0.717) is 6.10 Å². The Labute approximate surface area is 97.2 Å². The van der Waals surface area contributed by atoms with Gasteiger partial charge in [-0.2, -0.15) is 0 Å². The monoisotopic (exact) mass is 220 g/mol. The number of hydrogen-bond donors (Lipinski definition) is 1. The van der Waals surface area contributed by atoms with Gasteiger partial charge in [-0.3, -0.25) is 4.90 Å². The van der Waals surface area contributed by atoms with Crippen molar-refractivity contribution in [2.45, 2.75) is 26.0 Å². The summed E-state index contributed by atoms with van der Waals surface area (Å²) in [5.74, 6) is 0. The summed E-state index contributed by atoms with van der Waals surface area (Å²) < 4.78 is 5.65. The molecule has 88 valence electrons. The highest BCUT2D eigenvalue weighted by Gasteiger charge is 2.18. The van der Waals surface area contributed by atoms with Crippen LogP contribution in [0.25, 0.3) is 0 Å². The molecule has 1 aliphatic heterocycles. The number of anilines is 1. The molecule has 1 aromatic carbocycles. The number of morpholine rings is 1. The van der Waals surface area contributed by atoms with Gasteiger partial charge < -0.3 is 10.5 Å². The van der Waals surface area contributed by atoms with Gasteiger partial charge in [-0.05, 0) is 24.1 Å². The number of ether oxygens (including phenoxy) is 1. The van der Waals surface area contributed by atoms with Crippen LogP contribution in [-0.2, 0) is 11.3 Å². The van der Waals surface area contributed by atoms with Crippen LogP contribution >= 0.6 is 0 Å². The van der Waals surface area contributed by atoms with Crippen LogP contribution in [0, 0.1) is 0 Å². The lowest BCUT2D eigenvalue weighted by molar-refractivity contribution is -0.0324. The maximum absolute atomic E-state index is 5.77. The molecule has 3 heteroatoms. The molecule has 2 rings (SSSR count). The first-order valence-corrected chi connectivity index (χ1v) is 5.96. The van der Waals surface area contributed by atoms with Crippen molar-refractivity contribution < 1.29 is 4.74 Å². The summed E-state index contributed by atoms with van der Waals surface area (Å²) in [4.78, 5) is 2.44.